The van der Waals surface area contributed by atoms with E-state index in [0.29, 0.717) is 13.0 Å². The maximum absolute atomic E-state index is 10.7. The molecule has 0 fully saturated rings. The first-order valence-electron chi connectivity index (χ1n) is 4.79. The van der Waals surface area contributed by atoms with Crippen molar-refractivity contribution in [2.75, 3.05) is 13.7 Å². The van der Waals surface area contributed by atoms with Gasteiger partial charge in [0.15, 0.2) is 0 Å². The Hall–Kier alpha value is -1.55. The van der Waals surface area contributed by atoms with E-state index >= 15 is 0 Å². The average Bonchev–Trinajstić information content (AvgIpc) is 2.29. The third-order valence-corrected chi connectivity index (χ3v) is 2.03. The Kier molecular flexibility index (Phi) is 4.63. The SMILES string of the molecule is CNC(=O)OCCc1ccc(CO)cc1. The van der Waals surface area contributed by atoms with Crippen LogP contribution in [0.15, 0.2) is 24.3 Å². The summed E-state index contributed by atoms with van der Waals surface area (Å²) < 4.78 is 4.85. The largest absolute Gasteiger partial charge is 0.449 e. The fraction of sp³-hybridized carbons (Fsp3) is 0.364. The van der Waals surface area contributed by atoms with E-state index in [1.54, 1.807) is 0 Å². The number of ether oxygens (including phenoxy) is 1. The van der Waals surface area contributed by atoms with Crippen LogP contribution in [-0.2, 0) is 17.8 Å². The number of hydrogen-bond acceptors (Lipinski definition) is 3. The van der Waals surface area contributed by atoms with E-state index in [9.17, 15) is 4.79 Å². The number of nitrogens with one attached hydrogen (secondary N) is 1. The highest BCUT2D eigenvalue weighted by molar-refractivity contribution is 5.66. The Morgan fingerprint density at radius 2 is 1.93 bits per heavy atom. The maximum Gasteiger partial charge on any atom is 0.406 e. The zero-order chi connectivity index (χ0) is 11.1. The molecule has 0 unspecified atom stereocenters. The molecule has 1 aromatic rings. The van der Waals surface area contributed by atoms with Crippen molar-refractivity contribution in [1.82, 2.24) is 5.32 Å². The molecule has 0 radical (unpaired) electrons. The lowest BCUT2D eigenvalue weighted by Gasteiger charge is -2.04. The third kappa shape index (κ3) is 3.99. The number of carbonyl (C=O) groups excluding carboxylic acids is 1. The molecule has 0 aliphatic heterocycles. The van der Waals surface area contributed by atoms with E-state index in [4.69, 9.17) is 9.84 Å². The van der Waals surface area contributed by atoms with Gasteiger partial charge in [-0.3, -0.25) is 0 Å². The summed E-state index contributed by atoms with van der Waals surface area (Å²) >= 11 is 0. The van der Waals surface area contributed by atoms with E-state index in [2.05, 4.69) is 5.32 Å². The van der Waals surface area contributed by atoms with Gasteiger partial charge in [0.2, 0.25) is 0 Å². The fourth-order valence-corrected chi connectivity index (χ4v) is 1.15. The Labute approximate surface area is 88.9 Å². The van der Waals surface area contributed by atoms with Crippen LogP contribution in [0.25, 0.3) is 0 Å². The summed E-state index contributed by atoms with van der Waals surface area (Å²) in [6.45, 7) is 0.410. The monoisotopic (exact) mass is 209 g/mol. The maximum atomic E-state index is 10.7. The van der Waals surface area contributed by atoms with Crippen molar-refractivity contribution in [3.8, 4) is 0 Å². The molecule has 0 saturated heterocycles. The summed E-state index contributed by atoms with van der Waals surface area (Å²) in [6, 6.07) is 7.54. The number of rotatable bonds is 4. The van der Waals surface area contributed by atoms with Crippen molar-refractivity contribution < 1.29 is 14.6 Å². The van der Waals surface area contributed by atoms with Crippen LogP contribution in [0.4, 0.5) is 4.79 Å². The summed E-state index contributed by atoms with van der Waals surface area (Å²) in [5, 5.41) is 11.2. The number of amides is 1. The van der Waals surface area contributed by atoms with Gasteiger partial charge in [0, 0.05) is 13.5 Å². The molecule has 0 spiro atoms. The van der Waals surface area contributed by atoms with Gasteiger partial charge < -0.3 is 15.2 Å². The van der Waals surface area contributed by atoms with Crippen molar-refractivity contribution in [1.29, 1.82) is 0 Å². The number of carbonyl (C=O) groups is 1. The summed E-state index contributed by atoms with van der Waals surface area (Å²) in [4.78, 5) is 10.7. The molecule has 15 heavy (non-hydrogen) atoms. The minimum atomic E-state index is -0.415. The van der Waals surface area contributed by atoms with Crippen molar-refractivity contribution in [3.63, 3.8) is 0 Å². The van der Waals surface area contributed by atoms with Gasteiger partial charge in [-0.15, -0.1) is 0 Å². The van der Waals surface area contributed by atoms with Crippen molar-refractivity contribution in [3.05, 3.63) is 35.4 Å². The smallest absolute Gasteiger partial charge is 0.406 e. The first-order valence-corrected chi connectivity index (χ1v) is 4.79. The second-order valence-electron chi connectivity index (χ2n) is 3.11. The molecule has 0 heterocycles. The summed E-state index contributed by atoms with van der Waals surface area (Å²) in [7, 11) is 1.53. The molecule has 0 aliphatic carbocycles. The fourth-order valence-electron chi connectivity index (χ4n) is 1.15. The van der Waals surface area contributed by atoms with Crippen LogP contribution >= 0.6 is 0 Å². The molecular weight excluding hydrogens is 194 g/mol. The van der Waals surface area contributed by atoms with Crippen molar-refractivity contribution in [2.24, 2.45) is 0 Å². The highest BCUT2D eigenvalue weighted by Crippen LogP contribution is 2.05. The number of aliphatic hydroxyl groups excluding tert-OH is 1. The lowest BCUT2D eigenvalue weighted by molar-refractivity contribution is 0.150. The second kappa shape index (κ2) is 6.03. The molecule has 82 valence electrons. The van der Waals surface area contributed by atoms with E-state index < -0.39 is 6.09 Å². The van der Waals surface area contributed by atoms with Crippen LogP contribution in [0.2, 0.25) is 0 Å². The molecule has 0 atom stereocenters. The van der Waals surface area contributed by atoms with Crippen molar-refractivity contribution >= 4 is 6.09 Å². The van der Waals surface area contributed by atoms with E-state index in [1.807, 2.05) is 24.3 Å². The average molecular weight is 209 g/mol. The van der Waals surface area contributed by atoms with Crippen LogP contribution in [0, 0.1) is 0 Å². The lowest BCUT2D eigenvalue weighted by Crippen LogP contribution is -2.20. The van der Waals surface area contributed by atoms with Gasteiger partial charge in [0.05, 0.1) is 13.2 Å². The topological polar surface area (TPSA) is 58.6 Å². The summed E-state index contributed by atoms with van der Waals surface area (Å²) in [5.41, 5.74) is 1.96. The zero-order valence-corrected chi connectivity index (χ0v) is 8.69. The Morgan fingerprint density at radius 3 is 2.47 bits per heavy atom. The molecule has 0 saturated carbocycles. The highest BCUT2D eigenvalue weighted by atomic mass is 16.5. The second-order valence-corrected chi connectivity index (χ2v) is 3.11. The van der Waals surface area contributed by atoms with Gasteiger partial charge >= 0.3 is 6.09 Å². The van der Waals surface area contributed by atoms with Crippen LogP contribution in [0.3, 0.4) is 0 Å². The molecular formula is C11H15NO3. The normalized spacial score (nSPS) is 9.73. The minimum Gasteiger partial charge on any atom is -0.449 e. The number of benzene rings is 1. The molecule has 1 rings (SSSR count). The Balaban J connectivity index is 2.34. The first kappa shape index (κ1) is 11.5. The Morgan fingerprint density at radius 1 is 1.33 bits per heavy atom. The number of alkyl carbamates (subject to hydrolysis) is 1. The standard InChI is InChI=1S/C11H15NO3/c1-12-11(14)15-7-6-9-2-4-10(8-13)5-3-9/h2-5,13H,6-8H2,1H3,(H,12,14). The van der Waals surface area contributed by atoms with Gasteiger partial charge in [0.1, 0.15) is 0 Å². The van der Waals surface area contributed by atoms with E-state index in [0.717, 1.165) is 11.1 Å². The van der Waals surface area contributed by atoms with Crippen LogP contribution in [0.1, 0.15) is 11.1 Å². The predicted octanol–water partition coefficient (Wildman–Crippen LogP) is 1.08. The quantitative estimate of drug-likeness (QED) is 0.780. The summed E-state index contributed by atoms with van der Waals surface area (Å²) in [5.74, 6) is 0. The third-order valence-electron chi connectivity index (χ3n) is 2.03. The predicted molar refractivity (Wildman–Crippen MR) is 56.5 cm³/mol. The first-order chi connectivity index (χ1) is 7.26. The van der Waals surface area contributed by atoms with Crippen LogP contribution in [0.5, 0.6) is 0 Å². The molecule has 0 aliphatic rings. The molecule has 0 bridgehead atoms. The van der Waals surface area contributed by atoms with Gasteiger partial charge in [-0.25, -0.2) is 4.79 Å². The Bertz CT molecular complexity index is 308. The minimum absolute atomic E-state index is 0.0506. The lowest BCUT2D eigenvalue weighted by atomic mass is 10.1. The van der Waals surface area contributed by atoms with E-state index in [1.165, 1.54) is 7.05 Å². The van der Waals surface area contributed by atoms with E-state index in [-0.39, 0.29) is 6.61 Å². The van der Waals surface area contributed by atoms with Gasteiger partial charge in [-0.05, 0) is 11.1 Å². The molecule has 1 aromatic carbocycles. The molecule has 4 heteroatoms. The van der Waals surface area contributed by atoms with Gasteiger partial charge in [0.25, 0.3) is 0 Å². The van der Waals surface area contributed by atoms with Crippen LogP contribution < -0.4 is 5.32 Å². The summed E-state index contributed by atoms with van der Waals surface area (Å²) in [6.07, 6.45) is 0.265. The number of hydrogen-bond donors (Lipinski definition) is 2. The van der Waals surface area contributed by atoms with Gasteiger partial charge in [-0.2, -0.15) is 0 Å². The van der Waals surface area contributed by atoms with Crippen LogP contribution in [-0.4, -0.2) is 24.9 Å². The molecule has 4 nitrogen and oxygen atoms in total. The molecule has 2 N–H and O–H groups in total. The number of aliphatic hydroxyl groups is 1. The highest BCUT2D eigenvalue weighted by Gasteiger charge is 1.98. The zero-order valence-electron chi connectivity index (χ0n) is 8.69. The molecule has 1 amide bonds. The van der Waals surface area contributed by atoms with Gasteiger partial charge in [-0.1, -0.05) is 24.3 Å². The van der Waals surface area contributed by atoms with Crippen molar-refractivity contribution in [2.45, 2.75) is 13.0 Å². The molecule has 0 aromatic heterocycles.